The summed E-state index contributed by atoms with van der Waals surface area (Å²) in [7, 11) is 0. The number of benzene rings is 8. The van der Waals surface area contributed by atoms with Gasteiger partial charge in [-0.15, -0.1) is 0 Å². The van der Waals surface area contributed by atoms with Crippen LogP contribution >= 0.6 is 0 Å². The SMILES string of the molecule is c1ccc(N(c2cc3c(cc2-c2ccc4c(c2)CCCC4)-c2ccccc2C32c3ccccc3-c3ccccc32)c2cccc3ccccc23)cc1. The lowest BCUT2D eigenvalue weighted by molar-refractivity contribution is 0.686. The van der Waals surface area contributed by atoms with E-state index in [-0.39, 0.29) is 0 Å². The van der Waals surface area contributed by atoms with Crippen molar-refractivity contribution in [3.05, 3.63) is 209 Å². The molecule has 0 radical (unpaired) electrons. The monoisotopic (exact) mass is 663 g/mol. The number of nitrogens with zero attached hydrogens (tertiary/aromatic N) is 1. The number of hydrogen-bond donors (Lipinski definition) is 0. The highest BCUT2D eigenvalue weighted by atomic mass is 15.1. The van der Waals surface area contributed by atoms with Crippen LogP contribution in [0.1, 0.15) is 46.2 Å². The zero-order chi connectivity index (χ0) is 34.2. The fraction of sp³-hybridized carbons (Fsp3) is 0.0980. The Hall–Kier alpha value is -6.18. The molecule has 0 N–H and O–H groups in total. The van der Waals surface area contributed by atoms with Crippen molar-refractivity contribution in [1.82, 2.24) is 0 Å². The van der Waals surface area contributed by atoms with E-state index in [0.29, 0.717) is 0 Å². The summed E-state index contributed by atoms with van der Waals surface area (Å²) < 4.78 is 0. The first kappa shape index (κ1) is 29.5. The molecule has 0 bridgehead atoms. The molecule has 52 heavy (non-hydrogen) atoms. The number of aryl methyl sites for hydroxylation is 2. The molecule has 11 rings (SSSR count). The van der Waals surface area contributed by atoms with E-state index in [2.05, 4.69) is 181 Å². The molecular formula is C51H37N. The van der Waals surface area contributed by atoms with Gasteiger partial charge in [-0.05, 0) is 123 Å². The lowest BCUT2D eigenvalue weighted by atomic mass is 9.70. The van der Waals surface area contributed by atoms with Gasteiger partial charge in [0.05, 0.1) is 16.8 Å². The van der Waals surface area contributed by atoms with E-state index < -0.39 is 5.41 Å². The first-order chi connectivity index (χ1) is 25.8. The summed E-state index contributed by atoms with van der Waals surface area (Å²) in [4.78, 5) is 2.53. The molecule has 8 aromatic carbocycles. The van der Waals surface area contributed by atoms with Crippen LogP contribution in [0.15, 0.2) is 176 Å². The van der Waals surface area contributed by atoms with Crippen molar-refractivity contribution in [3.63, 3.8) is 0 Å². The van der Waals surface area contributed by atoms with Crippen LogP contribution in [0.4, 0.5) is 17.1 Å². The Morgan fingerprint density at radius 2 is 0.981 bits per heavy atom. The molecule has 0 fully saturated rings. The van der Waals surface area contributed by atoms with E-state index in [9.17, 15) is 0 Å². The number of rotatable bonds is 4. The Kier molecular flexibility index (Phi) is 6.49. The Bertz CT molecular complexity index is 2650. The Balaban J connectivity index is 1.29. The van der Waals surface area contributed by atoms with Gasteiger partial charge >= 0.3 is 0 Å². The summed E-state index contributed by atoms with van der Waals surface area (Å²) in [5, 5.41) is 2.47. The van der Waals surface area contributed by atoms with E-state index in [4.69, 9.17) is 0 Å². The molecule has 1 nitrogen and oxygen atoms in total. The van der Waals surface area contributed by atoms with Crippen molar-refractivity contribution in [3.8, 4) is 33.4 Å². The van der Waals surface area contributed by atoms with Crippen LogP contribution in [0.5, 0.6) is 0 Å². The summed E-state index contributed by atoms with van der Waals surface area (Å²) in [5.74, 6) is 0. The summed E-state index contributed by atoms with van der Waals surface area (Å²) in [6.07, 6.45) is 4.86. The third-order valence-corrected chi connectivity index (χ3v) is 12.0. The van der Waals surface area contributed by atoms with Crippen molar-refractivity contribution < 1.29 is 0 Å². The van der Waals surface area contributed by atoms with Gasteiger partial charge in [-0.1, -0.05) is 146 Å². The zero-order valence-corrected chi connectivity index (χ0v) is 29.0. The van der Waals surface area contributed by atoms with Gasteiger partial charge in [0.25, 0.3) is 0 Å². The second-order valence-electron chi connectivity index (χ2n) is 14.7. The predicted octanol–water partition coefficient (Wildman–Crippen LogP) is 13.2. The molecule has 3 aliphatic rings. The van der Waals surface area contributed by atoms with Gasteiger partial charge in [0.2, 0.25) is 0 Å². The first-order valence-corrected chi connectivity index (χ1v) is 18.7. The van der Waals surface area contributed by atoms with Crippen LogP contribution in [0.3, 0.4) is 0 Å². The lowest BCUT2D eigenvalue weighted by Gasteiger charge is -2.33. The molecular weight excluding hydrogens is 627 g/mol. The largest absolute Gasteiger partial charge is 0.309 e. The smallest absolute Gasteiger partial charge is 0.0726 e. The third kappa shape index (κ3) is 4.11. The third-order valence-electron chi connectivity index (χ3n) is 12.0. The molecule has 0 aliphatic heterocycles. The van der Waals surface area contributed by atoms with Gasteiger partial charge in [0.1, 0.15) is 0 Å². The van der Waals surface area contributed by atoms with Crippen LogP contribution in [0, 0.1) is 0 Å². The highest BCUT2D eigenvalue weighted by molar-refractivity contribution is 6.04. The van der Waals surface area contributed by atoms with E-state index in [1.165, 1.54) is 108 Å². The van der Waals surface area contributed by atoms with Gasteiger partial charge in [-0.25, -0.2) is 0 Å². The minimum absolute atomic E-state index is 0.427. The zero-order valence-electron chi connectivity index (χ0n) is 29.0. The van der Waals surface area contributed by atoms with Gasteiger partial charge in [0.15, 0.2) is 0 Å². The van der Waals surface area contributed by atoms with Crippen LogP contribution in [0.25, 0.3) is 44.2 Å². The molecule has 8 aromatic rings. The molecule has 0 amide bonds. The number of anilines is 3. The fourth-order valence-electron chi connectivity index (χ4n) is 9.83. The lowest BCUT2D eigenvalue weighted by Crippen LogP contribution is -2.26. The van der Waals surface area contributed by atoms with Gasteiger partial charge in [-0.2, -0.15) is 0 Å². The summed E-state index contributed by atoms with van der Waals surface area (Å²) in [5.41, 5.74) is 19.4. The number of fused-ring (bicyclic) bond motifs is 12. The summed E-state index contributed by atoms with van der Waals surface area (Å²) >= 11 is 0. The summed E-state index contributed by atoms with van der Waals surface area (Å²) in [6, 6.07) is 66.3. The van der Waals surface area contributed by atoms with Crippen molar-refractivity contribution in [2.45, 2.75) is 31.1 Å². The van der Waals surface area contributed by atoms with Gasteiger partial charge in [-0.3, -0.25) is 0 Å². The molecule has 3 aliphatic carbocycles. The van der Waals surface area contributed by atoms with Crippen LogP contribution in [-0.4, -0.2) is 0 Å². The molecule has 1 spiro atoms. The topological polar surface area (TPSA) is 3.24 Å². The maximum atomic E-state index is 2.57. The maximum Gasteiger partial charge on any atom is 0.0726 e. The minimum Gasteiger partial charge on any atom is -0.309 e. The van der Waals surface area contributed by atoms with Crippen LogP contribution in [0.2, 0.25) is 0 Å². The van der Waals surface area contributed by atoms with Crippen LogP contribution < -0.4 is 4.90 Å². The average Bonchev–Trinajstić information content (AvgIpc) is 3.68. The first-order valence-electron chi connectivity index (χ1n) is 18.7. The van der Waals surface area contributed by atoms with Crippen molar-refractivity contribution >= 4 is 27.8 Å². The second-order valence-corrected chi connectivity index (χ2v) is 14.7. The molecule has 0 atom stereocenters. The highest BCUT2D eigenvalue weighted by Gasteiger charge is 2.52. The van der Waals surface area contributed by atoms with Crippen molar-refractivity contribution in [2.75, 3.05) is 4.90 Å². The Morgan fingerprint density at radius 1 is 0.385 bits per heavy atom. The average molecular weight is 664 g/mol. The normalized spacial score (nSPS) is 14.4. The van der Waals surface area contributed by atoms with E-state index in [1.807, 2.05) is 0 Å². The predicted molar refractivity (Wildman–Crippen MR) is 217 cm³/mol. The summed E-state index contributed by atoms with van der Waals surface area (Å²) in [6.45, 7) is 0. The second kappa shape index (κ2) is 11.4. The highest BCUT2D eigenvalue weighted by Crippen LogP contribution is 2.64. The molecule has 0 heterocycles. The van der Waals surface area contributed by atoms with E-state index in [1.54, 1.807) is 0 Å². The molecule has 0 saturated heterocycles. The standard InChI is InChI=1S/C51H37N/c1-2-19-38(20-3-1)52(49-28-14-18-35-16-6-7-21-39(35)49)50-33-48-44(32-43(50)37-30-29-34-15-4-5-17-36(34)31-37)42-24-10-13-27-47(42)51(48)45-25-11-8-22-40(45)41-23-9-12-26-46(41)51/h1-3,6-14,16,18-33H,4-5,15,17H2. The van der Waals surface area contributed by atoms with E-state index in [0.717, 1.165) is 12.1 Å². The molecule has 0 unspecified atom stereocenters. The minimum atomic E-state index is -0.427. The van der Waals surface area contributed by atoms with Crippen molar-refractivity contribution in [1.29, 1.82) is 0 Å². The number of hydrogen-bond acceptors (Lipinski definition) is 1. The molecule has 0 aromatic heterocycles. The Morgan fingerprint density at radius 3 is 1.71 bits per heavy atom. The molecule has 1 heteroatoms. The Labute approximate surface area is 305 Å². The quantitative estimate of drug-likeness (QED) is 0.181. The maximum absolute atomic E-state index is 2.57. The van der Waals surface area contributed by atoms with Crippen LogP contribution in [-0.2, 0) is 18.3 Å². The van der Waals surface area contributed by atoms with Crippen molar-refractivity contribution in [2.24, 2.45) is 0 Å². The fourth-order valence-corrected chi connectivity index (χ4v) is 9.83. The number of para-hydroxylation sites is 1. The van der Waals surface area contributed by atoms with E-state index >= 15 is 0 Å². The molecule has 0 saturated carbocycles. The molecule has 246 valence electrons. The van der Waals surface area contributed by atoms with Gasteiger partial charge < -0.3 is 4.90 Å². The van der Waals surface area contributed by atoms with Gasteiger partial charge in [0, 0.05) is 16.6 Å².